The number of hydrogen-bond acceptors (Lipinski definition) is 2. The van der Waals surface area contributed by atoms with E-state index in [0.29, 0.717) is 16.9 Å². The lowest BCUT2D eigenvalue weighted by atomic mass is 10.2. The van der Waals surface area contributed by atoms with Crippen molar-refractivity contribution in [1.29, 1.82) is 0 Å². The average Bonchev–Trinajstić information content (AvgIpc) is 2.75. The van der Waals surface area contributed by atoms with E-state index in [2.05, 4.69) is 4.98 Å². The van der Waals surface area contributed by atoms with Gasteiger partial charge in [-0.2, -0.15) is 13.2 Å². The van der Waals surface area contributed by atoms with Crippen LogP contribution in [0.2, 0.25) is 0 Å². The fourth-order valence-corrected chi connectivity index (χ4v) is 2.28. The Labute approximate surface area is 118 Å². The monoisotopic (exact) mass is 292 g/mol. The molecule has 2 aromatic carbocycles. The summed E-state index contributed by atoms with van der Waals surface area (Å²) in [5.74, 6) is 0.453. The molecule has 1 aromatic heterocycles. The fraction of sp³-hybridized carbons (Fsp3) is 0.133. The average molecular weight is 292 g/mol. The Balaban J connectivity index is 2.23. The molecule has 0 atom stereocenters. The molecule has 0 radical (unpaired) electrons. The van der Waals surface area contributed by atoms with Crippen molar-refractivity contribution in [1.82, 2.24) is 9.55 Å². The molecule has 0 spiro atoms. The molecule has 108 valence electrons. The normalized spacial score (nSPS) is 12.0. The van der Waals surface area contributed by atoms with Crippen molar-refractivity contribution in [2.24, 2.45) is 7.05 Å². The molecule has 1 N–H and O–H groups in total. The lowest BCUT2D eigenvalue weighted by Gasteiger charge is -2.06. The van der Waals surface area contributed by atoms with Gasteiger partial charge >= 0.3 is 6.18 Å². The number of imidazole rings is 1. The number of fused-ring (bicyclic) bond motifs is 1. The summed E-state index contributed by atoms with van der Waals surface area (Å²) in [6, 6.07) is 10.0. The van der Waals surface area contributed by atoms with Gasteiger partial charge in [0.15, 0.2) is 0 Å². The molecule has 6 heteroatoms. The standard InChI is InChI=1S/C15H11F3N2O/c1-20-12-7-6-9(15(16,17)18)8-11(12)19-14(20)10-4-2-3-5-13(10)21/h2-8,21H,1H3. The Morgan fingerprint density at radius 3 is 2.48 bits per heavy atom. The predicted molar refractivity (Wildman–Crippen MR) is 72.8 cm³/mol. The van der Waals surface area contributed by atoms with E-state index in [9.17, 15) is 18.3 Å². The molecular formula is C15H11F3N2O. The molecular weight excluding hydrogens is 281 g/mol. The van der Waals surface area contributed by atoms with E-state index >= 15 is 0 Å². The van der Waals surface area contributed by atoms with Gasteiger partial charge in [0.2, 0.25) is 0 Å². The van der Waals surface area contributed by atoms with E-state index in [4.69, 9.17) is 0 Å². The second-order valence-electron chi connectivity index (χ2n) is 4.71. The van der Waals surface area contributed by atoms with Crippen LogP contribution in [0.3, 0.4) is 0 Å². The first-order valence-electron chi connectivity index (χ1n) is 6.20. The lowest BCUT2D eigenvalue weighted by molar-refractivity contribution is -0.137. The first-order chi connectivity index (χ1) is 9.88. The number of hydrogen-bond donors (Lipinski definition) is 1. The Bertz CT molecular complexity index is 821. The van der Waals surface area contributed by atoms with Crippen LogP contribution < -0.4 is 0 Å². The van der Waals surface area contributed by atoms with Crippen molar-refractivity contribution in [2.75, 3.05) is 0 Å². The SMILES string of the molecule is Cn1c(-c2ccccc2O)nc2cc(C(F)(F)F)ccc21. The summed E-state index contributed by atoms with van der Waals surface area (Å²) in [6.07, 6.45) is -4.40. The molecule has 3 aromatic rings. The van der Waals surface area contributed by atoms with Crippen molar-refractivity contribution in [3.63, 3.8) is 0 Å². The van der Waals surface area contributed by atoms with Crippen molar-refractivity contribution in [2.45, 2.75) is 6.18 Å². The molecule has 0 amide bonds. The quantitative estimate of drug-likeness (QED) is 0.737. The predicted octanol–water partition coefficient (Wildman–Crippen LogP) is 3.96. The molecule has 0 aliphatic rings. The maximum Gasteiger partial charge on any atom is 0.416 e. The molecule has 0 aliphatic heterocycles. The number of para-hydroxylation sites is 1. The van der Waals surface area contributed by atoms with Gasteiger partial charge in [-0.25, -0.2) is 4.98 Å². The number of halogens is 3. The molecule has 0 saturated heterocycles. The van der Waals surface area contributed by atoms with Crippen LogP contribution in [0.25, 0.3) is 22.4 Å². The Morgan fingerprint density at radius 1 is 1.10 bits per heavy atom. The van der Waals surface area contributed by atoms with Gasteiger partial charge in [-0.3, -0.25) is 0 Å². The summed E-state index contributed by atoms with van der Waals surface area (Å²) in [5.41, 5.74) is 0.550. The largest absolute Gasteiger partial charge is 0.507 e. The number of benzene rings is 2. The molecule has 0 saturated carbocycles. The summed E-state index contributed by atoms with van der Waals surface area (Å²) in [7, 11) is 1.70. The second kappa shape index (κ2) is 4.51. The van der Waals surface area contributed by atoms with Crippen LogP contribution in [0, 0.1) is 0 Å². The molecule has 1 heterocycles. The molecule has 3 nitrogen and oxygen atoms in total. The van der Waals surface area contributed by atoms with Gasteiger partial charge in [-0.1, -0.05) is 12.1 Å². The molecule has 0 fully saturated rings. The van der Waals surface area contributed by atoms with E-state index in [1.54, 1.807) is 29.8 Å². The molecule has 21 heavy (non-hydrogen) atoms. The highest BCUT2D eigenvalue weighted by Crippen LogP contribution is 2.34. The minimum Gasteiger partial charge on any atom is -0.507 e. The van der Waals surface area contributed by atoms with Gasteiger partial charge in [0, 0.05) is 7.05 Å². The summed E-state index contributed by atoms with van der Waals surface area (Å²) in [4.78, 5) is 4.22. The van der Waals surface area contributed by atoms with Crippen LogP contribution in [0.5, 0.6) is 5.75 Å². The number of alkyl halides is 3. The zero-order valence-corrected chi connectivity index (χ0v) is 11.0. The van der Waals surface area contributed by atoms with Crippen LogP contribution in [0.15, 0.2) is 42.5 Å². The number of rotatable bonds is 1. The van der Waals surface area contributed by atoms with E-state index < -0.39 is 11.7 Å². The van der Waals surface area contributed by atoms with Crippen molar-refractivity contribution in [3.05, 3.63) is 48.0 Å². The van der Waals surface area contributed by atoms with Gasteiger partial charge in [0.25, 0.3) is 0 Å². The van der Waals surface area contributed by atoms with E-state index in [0.717, 1.165) is 12.1 Å². The maximum atomic E-state index is 12.7. The number of aromatic nitrogens is 2. The Hall–Kier alpha value is -2.50. The first kappa shape index (κ1) is 13.5. The summed E-state index contributed by atoms with van der Waals surface area (Å²) in [6.45, 7) is 0. The van der Waals surface area contributed by atoms with Crippen LogP contribution in [0.1, 0.15) is 5.56 Å². The third-order valence-corrected chi connectivity index (χ3v) is 3.35. The Kier molecular flexibility index (Phi) is 2.90. The van der Waals surface area contributed by atoms with Gasteiger partial charge < -0.3 is 9.67 Å². The highest BCUT2D eigenvalue weighted by Gasteiger charge is 2.31. The number of phenolic OH excluding ortho intramolecular Hbond substituents is 1. The van der Waals surface area contributed by atoms with Gasteiger partial charge in [-0.15, -0.1) is 0 Å². The number of phenols is 1. The molecule has 0 unspecified atom stereocenters. The van der Waals surface area contributed by atoms with Crippen molar-refractivity contribution < 1.29 is 18.3 Å². The van der Waals surface area contributed by atoms with E-state index in [1.807, 2.05) is 0 Å². The van der Waals surface area contributed by atoms with Crippen LogP contribution in [-0.4, -0.2) is 14.7 Å². The van der Waals surface area contributed by atoms with Crippen LogP contribution in [0.4, 0.5) is 13.2 Å². The molecule has 0 bridgehead atoms. The highest BCUT2D eigenvalue weighted by atomic mass is 19.4. The highest BCUT2D eigenvalue weighted by molar-refractivity contribution is 5.82. The smallest absolute Gasteiger partial charge is 0.416 e. The van der Waals surface area contributed by atoms with E-state index in [-0.39, 0.29) is 11.3 Å². The second-order valence-corrected chi connectivity index (χ2v) is 4.71. The third kappa shape index (κ3) is 2.22. The van der Waals surface area contributed by atoms with Crippen molar-refractivity contribution in [3.8, 4) is 17.1 Å². The topological polar surface area (TPSA) is 38.0 Å². The minimum absolute atomic E-state index is 0.0342. The van der Waals surface area contributed by atoms with Gasteiger partial charge in [0.1, 0.15) is 11.6 Å². The van der Waals surface area contributed by atoms with Gasteiger partial charge in [0.05, 0.1) is 22.2 Å². The number of aryl methyl sites for hydroxylation is 1. The maximum absolute atomic E-state index is 12.7. The zero-order chi connectivity index (χ0) is 15.2. The third-order valence-electron chi connectivity index (χ3n) is 3.35. The number of aromatic hydroxyl groups is 1. The summed E-state index contributed by atoms with van der Waals surface area (Å²) in [5, 5.41) is 9.86. The minimum atomic E-state index is -4.40. The lowest BCUT2D eigenvalue weighted by Crippen LogP contribution is -2.04. The van der Waals surface area contributed by atoms with Gasteiger partial charge in [-0.05, 0) is 30.3 Å². The van der Waals surface area contributed by atoms with Crippen molar-refractivity contribution >= 4 is 11.0 Å². The fourth-order valence-electron chi connectivity index (χ4n) is 2.28. The molecule has 3 rings (SSSR count). The summed E-state index contributed by atoms with van der Waals surface area (Å²) < 4.78 is 39.9. The zero-order valence-electron chi connectivity index (χ0n) is 11.0. The van der Waals surface area contributed by atoms with Crippen LogP contribution >= 0.6 is 0 Å². The van der Waals surface area contributed by atoms with E-state index in [1.165, 1.54) is 12.1 Å². The molecule has 0 aliphatic carbocycles. The first-order valence-corrected chi connectivity index (χ1v) is 6.20. The number of nitrogens with zero attached hydrogens (tertiary/aromatic N) is 2. The van der Waals surface area contributed by atoms with Crippen LogP contribution in [-0.2, 0) is 13.2 Å². The Morgan fingerprint density at radius 2 is 1.81 bits per heavy atom. The summed E-state index contributed by atoms with van der Waals surface area (Å²) >= 11 is 0.